The van der Waals surface area contributed by atoms with Gasteiger partial charge < -0.3 is 10.2 Å². The second-order valence-corrected chi connectivity index (χ2v) is 11.4. The Bertz CT molecular complexity index is 958. The third kappa shape index (κ3) is 4.72. The summed E-state index contributed by atoms with van der Waals surface area (Å²) in [5.74, 6) is 1.07. The normalized spacial score (nSPS) is 21.5. The maximum atomic E-state index is 13.7. The lowest BCUT2D eigenvalue weighted by atomic mass is 9.72. The van der Waals surface area contributed by atoms with Crippen LogP contribution < -0.4 is 5.32 Å². The summed E-state index contributed by atoms with van der Waals surface area (Å²) in [5, 5.41) is 3.83. The highest BCUT2D eigenvalue weighted by Gasteiger charge is 2.35. The molecule has 4 nitrogen and oxygen atoms in total. The van der Waals surface area contributed by atoms with Gasteiger partial charge in [0.2, 0.25) is 0 Å². The van der Waals surface area contributed by atoms with Gasteiger partial charge in [-0.2, -0.15) is 0 Å². The summed E-state index contributed by atoms with van der Waals surface area (Å²) in [6, 6.07) is 9.26. The molecule has 31 heavy (non-hydrogen) atoms. The molecule has 1 N–H and O–H groups in total. The topological polar surface area (TPSA) is 49.4 Å². The molecule has 1 aromatic carbocycles. The minimum atomic E-state index is -0.146. The molecule has 0 spiro atoms. The van der Waals surface area contributed by atoms with E-state index in [-0.39, 0.29) is 17.2 Å². The molecule has 4 rings (SSSR count). The van der Waals surface area contributed by atoms with Crippen LogP contribution in [0.25, 0.3) is 0 Å². The van der Waals surface area contributed by atoms with Crippen molar-refractivity contribution < 1.29 is 9.59 Å². The van der Waals surface area contributed by atoms with E-state index in [0.29, 0.717) is 17.4 Å². The lowest BCUT2D eigenvalue weighted by Crippen LogP contribution is -2.39. The largest absolute Gasteiger partial charge is 0.338 e. The summed E-state index contributed by atoms with van der Waals surface area (Å²) < 4.78 is 0. The number of rotatable bonds is 3. The molecule has 2 heterocycles. The average Bonchev–Trinajstić information content (AvgIpc) is 3.10. The van der Waals surface area contributed by atoms with Crippen molar-refractivity contribution in [2.24, 2.45) is 17.3 Å². The minimum Gasteiger partial charge on any atom is -0.338 e. The Morgan fingerprint density at radius 2 is 1.87 bits per heavy atom. The van der Waals surface area contributed by atoms with Crippen LogP contribution >= 0.6 is 11.3 Å². The number of thiophene rings is 1. The molecule has 2 atom stereocenters. The first-order chi connectivity index (χ1) is 14.7. The van der Waals surface area contributed by atoms with Crippen LogP contribution in [0, 0.1) is 17.3 Å². The van der Waals surface area contributed by atoms with Gasteiger partial charge in [-0.25, -0.2) is 0 Å². The molecular weight excluding hydrogens is 404 g/mol. The zero-order chi connectivity index (χ0) is 22.2. The van der Waals surface area contributed by atoms with Gasteiger partial charge in [0.25, 0.3) is 11.8 Å². The Morgan fingerprint density at radius 1 is 1.13 bits per heavy atom. The van der Waals surface area contributed by atoms with Gasteiger partial charge in [-0.1, -0.05) is 45.9 Å². The van der Waals surface area contributed by atoms with Crippen molar-refractivity contribution in [3.05, 3.63) is 51.9 Å². The average molecular weight is 439 g/mol. The lowest BCUT2D eigenvalue weighted by Gasteiger charge is -2.34. The number of carbonyl (C=O) groups excluding carboxylic acids is 2. The monoisotopic (exact) mass is 438 g/mol. The molecular formula is C26H34N2O2S. The first-order valence-corrected chi connectivity index (χ1v) is 12.4. The second kappa shape index (κ2) is 8.78. The third-order valence-corrected chi connectivity index (χ3v) is 8.08. The highest BCUT2D eigenvalue weighted by atomic mass is 32.1. The first-order valence-electron chi connectivity index (χ1n) is 11.5. The molecule has 2 aliphatic rings. The minimum absolute atomic E-state index is 0.0987. The zero-order valence-electron chi connectivity index (χ0n) is 19.2. The third-order valence-electron chi connectivity index (χ3n) is 6.91. The number of likely N-dealkylation sites (tertiary alicyclic amines) is 1. The van der Waals surface area contributed by atoms with E-state index in [0.717, 1.165) is 49.3 Å². The SMILES string of the molecule is C[C@H]1CCCN(C(=O)c2c(NC(=O)c3ccccc3)sc3c2CC[C@@H](C(C)(C)C)C3)C1. The molecule has 0 unspecified atom stereocenters. The summed E-state index contributed by atoms with van der Waals surface area (Å²) in [7, 11) is 0. The van der Waals surface area contributed by atoms with Crippen molar-refractivity contribution in [3.8, 4) is 0 Å². The van der Waals surface area contributed by atoms with E-state index in [4.69, 9.17) is 0 Å². The van der Waals surface area contributed by atoms with E-state index in [1.54, 1.807) is 11.3 Å². The van der Waals surface area contributed by atoms with E-state index >= 15 is 0 Å². The van der Waals surface area contributed by atoms with E-state index in [9.17, 15) is 9.59 Å². The summed E-state index contributed by atoms with van der Waals surface area (Å²) in [6.07, 6.45) is 5.23. The fourth-order valence-corrected chi connectivity index (χ4v) is 6.25. The first kappa shape index (κ1) is 22.1. The van der Waals surface area contributed by atoms with Crippen LogP contribution in [0.2, 0.25) is 0 Å². The van der Waals surface area contributed by atoms with Crippen LogP contribution in [0.1, 0.15) is 78.1 Å². The highest BCUT2D eigenvalue weighted by Crippen LogP contribution is 2.45. The maximum absolute atomic E-state index is 13.7. The predicted molar refractivity (Wildman–Crippen MR) is 128 cm³/mol. The Morgan fingerprint density at radius 3 is 2.55 bits per heavy atom. The number of nitrogens with zero attached hydrogens (tertiary/aromatic N) is 1. The molecule has 2 aromatic rings. The van der Waals surface area contributed by atoms with E-state index in [1.165, 1.54) is 16.9 Å². The number of hydrogen-bond acceptors (Lipinski definition) is 3. The second-order valence-electron chi connectivity index (χ2n) is 10.3. The van der Waals surface area contributed by atoms with Gasteiger partial charge in [0.05, 0.1) is 5.56 Å². The fourth-order valence-electron chi connectivity index (χ4n) is 4.94. The Labute approximate surface area is 190 Å². The van der Waals surface area contributed by atoms with Crippen LogP contribution in [-0.2, 0) is 12.8 Å². The number of carbonyl (C=O) groups is 2. The number of hydrogen-bond donors (Lipinski definition) is 1. The molecule has 0 saturated carbocycles. The molecule has 1 aromatic heterocycles. The van der Waals surface area contributed by atoms with Gasteiger partial charge in [0.1, 0.15) is 5.00 Å². The van der Waals surface area contributed by atoms with Crippen LogP contribution in [0.3, 0.4) is 0 Å². The number of fused-ring (bicyclic) bond motifs is 1. The van der Waals surface area contributed by atoms with Crippen molar-refractivity contribution in [1.29, 1.82) is 0 Å². The number of nitrogens with one attached hydrogen (secondary N) is 1. The Kier molecular flexibility index (Phi) is 6.25. The fraction of sp³-hybridized carbons (Fsp3) is 0.538. The molecule has 166 valence electrons. The number of piperidine rings is 1. The molecule has 0 bridgehead atoms. The van der Waals surface area contributed by atoms with Crippen LogP contribution in [0.15, 0.2) is 30.3 Å². The van der Waals surface area contributed by atoms with E-state index in [1.807, 2.05) is 35.2 Å². The molecule has 1 saturated heterocycles. The van der Waals surface area contributed by atoms with Gasteiger partial charge in [-0.15, -0.1) is 11.3 Å². The predicted octanol–water partition coefficient (Wildman–Crippen LogP) is 6.02. The summed E-state index contributed by atoms with van der Waals surface area (Å²) in [5.41, 5.74) is 2.79. The number of benzene rings is 1. The quantitative estimate of drug-likeness (QED) is 0.637. The van der Waals surface area contributed by atoms with Crippen molar-refractivity contribution >= 4 is 28.2 Å². The highest BCUT2D eigenvalue weighted by molar-refractivity contribution is 7.17. The van der Waals surface area contributed by atoms with Crippen LogP contribution in [0.4, 0.5) is 5.00 Å². The number of anilines is 1. The summed E-state index contributed by atoms with van der Waals surface area (Å²) in [4.78, 5) is 29.9. The summed E-state index contributed by atoms with van der Waals surface area (Å²) >= 11 is 1.62. The van der Waals surface area contributed by atoms with Crippen molar-refractivity contribution in [1.82, 2.24) is 4.90 Å². The van der Waals surface area contributed by atoms with Gasteiger partial charge in [0.15, 0.2) is 0 Å². The van der Waals surface area contributed by atoms with Gasteiger partial charge in [-0.3, -0.25) is 9.59 Å². The van der Waals surface area contributed by atoms with Crippen LogP contribution in [0.5, 0.6) is 0 Å². The molecule has 5 heteroatoms. The molecule has 1 fully saturated rings. The smallest absolute Gasteiger partial charge is 0.257 e. The maximum Gasteiger partial charge on any atom is 0.257 e. The number of amides is 2. The van der Waals surface area contributed by atoms with E-state index < -0.39 is 0 Å². The molecule has 2 amide bonds. The Hall–Kier alpha value is -2.14. The standard InChI is InChI=1S/C26H34N2O2S/c1-17-9-8-14-28(16-17)25(30)22-20-13-12-19(26(2,3)4)15-21(20)31-24(22)27-23(29)18-10-6-5-7-11-18/h5-7,10-11,17,19H,8-9,12-16H2,1-4H3,(H,27,29)/t17-,19+/m0/s1. The molecule has 1 aliphatic carbocycles. The van der Waals surface area contributed by atoms with Gasteiger partial charge >= 0.3 is 0 Å². The van der Waals surface area contributed by atoms with E-state index in [2.05, 4.69) is 33.0 Å². The van der Waals surface area contributed by atoms with Crippen LogP contribution in [-0.4, -0.2) is 29.8 Å². The summed E-state index contributed by atoms with van der Waals surface area (Å²) in [6.45, 7) is 10.7. The van der Waals surface area contributed by atoms with Gasteiger partial charge in [0, 0.05) is 23.5 Å². The Balaban J connectivity index is 1.68. The molecule has 1 aliphatic heterocycles. The molecule has 0 radical (unpaired) electrons. The van der Waals surface area contributed by atoms with Gasteiger partial charge in [-0.05, 0) is 67.1 Å². The zero-order valence-corrected chi connectivity index (χ0v) is 20.0. The lowest BCUT2D eigenvalue weighted by molar-refractivity contribution is 0.0683. The van der Waals surface area contributed by atoms with Crippen molar-refractivity contribution in [2.75, 3.05) is 18.4 Å². The van der Waals surface area contributed by atoms with Crippen molar-refractivity contribution in [3.63, 3.8) is 0 Å². The van der Waals surface area contributed by atoms with Crippen molar-refractivity contribution in [2.45, 2.75) is 59.8 Å².